The average molecular weight is 244 g/mol. The zero-order valence-corrected chi connectivity index (χ0v) is 9.79. The van der Waals surface area contributed by atoms with Gasteiger partial charge in [-0.3, -0.25) is 9.52 Å². The summed E-state index contributed by atoms with van der Waals surface area (Å²) in [6.45, 7) is 0. The smallest absolute Gasteiger partial charge is 0.254 e. The van der Waals surface area contributed by atoms with Crippen LogP contribution in [0.4, 0.5) is 0 Å². The topological polar surface area (TPSA) is 89.3 Å². The Hall–Kier alpha value is -0.880. The third-order valence-corrected chi connectivity index (χ3v) is 4.45. The van der Waals surface area contributed by atoms with Crippen LogP contribution in [-0.4, -0.2) is 25.6 Å². The molecule has 3 N–H and O–H groups in total. The minimum Gasteiger partial charge on any atom is -0.317 e. The molecule has 90 valence electrons. The SMILES string of the molecule is N[C@]12C[C@H]1/C=C\CCCCS(=O)(=O)NC2=O. The van der Waals surface area contributed by atoms with Gasteiger partial charge in [-0.25, -0.2) is 8.42 Å². The van der Waals surface area contributed by atoms with Crippen molar-refractivity contribution in [3.05, 3.63) is 12.2 Å². The van der Waals surface area contributed by atoms with Crippen molar-refractivity contribution >= 4 is 15.9 Å². The fraction of sp³-hybridized carbons (Fsp3) is 0.700. The number of amides is 1. The molecular formula is C10H16N2O3S. The second-order valence-corrected chi connectivity index (χ2v) is 6.37. The van der Waals surface area contributed by atoms with Gasteiger partial charge in [0, 0.05) is 5.92 Å². The van der Waals surface area contributed by atoms with Crippen LogP contribution in [0.3, 0.4) is 0 Å². The summed E-state index contributed by atoms with van der Waals surface area (Å²) in [6.07, 6.45) is 6.67. The summed E-state index contributed by atoms with van der Waals surface area (Å²) in [5, 5.41) is 0. The second-order valence-electron chi connectivity index (χ2n) is 4.52. The molecular weight excluding hydrogens is 228 g/mol. The Balaban J connectivity index is 2.17. The number of sulfonamides is 1. The monoisotopic (exact) mass is 244 g/mol. The first-order valence-corrected chi connectivity index (χ1v) is 7.10. The lowest BCUT2D eigenvalue weighted by Crippen LogP contribution is -2.47. The van der Waals surface area contributed by atoms with E-state index in [9.17, 15) is 13.2 Å². The molecule has 2 aliphatic rings. The molecule has 16 heavy (non-hydrogen) atoms. The largest absolute Gasteiger partial charge is 0.317 e. The van der Waals surface area contributed by atoms with Crippen LogP contribution >= 0.6 is 0 Å². The quantitative estimate of drug-likeness (QED) is 0.582. The molecule has 0 saturated heterocycles. The number of carbonyl (C=O) groups excluding carboxylic acids is 1. The highest BCUT2D eigenvalue weighted by molar-refractivity contribution is 7.90. The molecule has 0 unspecified atom stereocenters. The Labute approximate surface area is 95.1 Å². The maximum Gasteiger partial charge on any atom is 0.254 e. The molecule has 5 nitrogen and oxygen atoms in total. The predicted octanol–water partition coefficient (Wildman–Crippen LogP) is -0.110. The first-order valence-electron chi connectivity index (χ1n) is 5.44. The summed E-state index contributed by atoms with van der Waals surface area (Å²) in [6, 6.07) is 0. The van der Waals surface area contributed by atoms with Gasteiger partial charge in [0.25, 0.3) is 5.91 Å². The van der Waals surface area contributed by atoms with Crippen LogP contribution in [0.25, 0.3) is 0 Å². The molecule has 1 saturated carbocycles. The van der Waals surface area contributed by atoms with Crippen molar-refractivity contribution in [3.8, 4) is 0 Å². The third-order valence-electron chi connectivity index (χ3n) is 3.13. The minimum absolute atomic E-state index is 0.00662. The fourth-order valence-corrected chi connectivity index (χ4v) is 3.07. The lowest BCUT2D eigenvalue weighted by Gasteiger charge is -2.11. The van der Waals surface area contributed by atoms with Crippen molar-refractivity contribution in [2.45, 2.75) is 31.2 Å². The van der Waals surface area contributed by atoms with E-state index in [-0.39, 0.29) is 11.7 Å². The van der Waals surface area contributed by atoms with Crippen molar-refractivity contribution in [2.24, 2.45) is 11.7 Å². The normalized spacial score (nSPS) is 40.1. The number of carbonyl (C=O) groups is 1. The molecule has 1 fully saturated rings. The molecule has 0 aromatic heterocycles. The molecule has 1 aliphatic heterocycles. The highest BCUT2D eigenvalue weighted by Crippen LogP contribution is 2.42. The van der Waals surface area contributed by atoms with Gasteiger partial charge >= 0.3 is 0 Å². The highest BCUT2D eigenvalue weighted by atomic mass is 32.2. The molecule has 0 aromatic rings. The summed E-state index contributed by atoms with van der Waals surface area (Å²) < 4.78 is 25.1. The van der Waals surface area contributed by atoms with E-state index in [1.165, 1.54) is 0 Å². The van der Waals surface area contributed by atoms with Crippen molar-refractivity contribution in [1.29, 1.82) is 0 Å². The van der Waals surface area contributed by atoms with Crippen LogP contribution in [0.2, 0.25) is 0 Å². The van der Waals surface area contributed by atoms with Gasteiger partial charge < -0.3 is 5.73 Å². The lowest BCUT2D eigenvalue weighted by molar-refractivity contribution is -0.121. The highest BCUT2D eigenvalue weighted by Gasteiger charge is 2.56. The maximum absolute atomic E-state index is 11.7. The number of nitrogens with two attached hydrogens (primary N) is 1. The Morgan fingerprint density at radius 3 is 2.94 bits per heavy atom. The standard InChI is InChI=1S/C10H16N2O3S/c11-10-7-8(10)5-3-1-2-4-6-16(14,15)12-9(10)13/h3,5,8H,1-2,4,6-7,11H2,(H,12,13)/b5-3-/t8-,10-/m1/s1. The number of fused-ring (bicyclic) bond motifs is 1. The van der Waals surface area contributed by atoms with E-state index >= 15 is 0 Å². The molecule has 6 heteroatoms. The number of hydrogen-bond donors (Lipinski definition) is 2. The van der Waals surface area contributed by atoms with E-state index in [0.29, 0.717) is 12.8 Å². The summed E-state index contributed by atoms with van der Waals surface area (Å²) in [4.78, 5) is 11.7. The minimum atomic E-state index is -3.50. The van der Waals surface area contributed by atoms with Crippen LogP contribution in [0.15, 0.2) is 12.2 Å². The molecule has 0 aromatic carbocycles. The fourth-order valence-electron chi connectivity index (χ4n) is 1.91. The van der Waals surface area contributed by atoms with Gasteiger partial charge in [0.1, 0.15) is 5.54 Å². The molecule has 1 heterocycles. The zero-order chi connectivity index (χ0) is 11.8. The van der Waals surface area contributed by atoms with E-state index in [4.69, 9.17) is 5.73 Å². The second kappa shape index (κ2) is 3.85. The Morgan fingerprint density at radius 2 is 2.19 bits per heavy atom. The van der Waals surface area contributed by atoms with Crippen molar-refractivity contribution in [3.63, 3.8) is 0 Å². The Morgan fingerprint density at radius 1 is 1.44 bits per heavy atom. The van der Waals surface area contributed by atoms with Gasteiger partial charge in [0.2, 0.25) is 10.0 Å². The molecule has 2 rings (SSSR count). The van der Waals surface area contributed by atoms with Gasteiger partial charge in [-0.1, -0.05) is 12.2 Å². The van der Waals surface area contributed by atoms with Crippen LogP contribution in [0.5, 0.6) is 0 Å². The van der Waals surface area contributed by atoms with E-state index in [0.717, 1.165) is 12.8 Å². The zero-order valence-electron chi connectivity index (χ0n) is 8.98. The average Bonchev–Trinajstić information content (AvgIpc) is 2.83. The van der Waals surface area contributed by atoms with Gasteiger partial charge in [0.15, 0.2) is 0 Å². The Bertz CT molecular complexity index is 429. The molecule has 1 aliphatic carbocycles. The summed E-state index contributed by atoms with van der Waals surface area (Å²) in [7, 11) is -3.50. The maximum atomic E-state index is 11.7. The summed E-state index contributed by atoms with van der Waals surface area (Å²) in [5.74, 6) is -0.585. The molecule has 1 amide bonds. The van der Waals surface area contributed by atoms with Gasteiger partial charge in [-0.15, -0.1) is 0 Å². The number of hydrogen-bond acceptors (Lipinski definition) is 4. The van der Waals surface area contributed by atoms with Crippen molar-refractivity contribution in [1.82, 2.24) is 4.72 Å². The number of allylic oxidation sites excluding steroid dienone is 1. The van der Waals surface area contributed by atoms with Gasteiger partial charge in [-0.2, -0.15) is 0 Å². The Kier molecular flexibility index (Phi) is 2.79. The van der Waals surface area contributed by atoms with Crippen LogP contribution in [0.1, 0.15) is 25.7 Å². The van der Waals surface area contributed by atoms with Crippen LogP contribution in [-0.2, 0) is 14.8 Å². The first kappa shape index (κ1) is 11.6. The van der Waals surface area contributed by atoms with Gasteiger partial charge in [-0.05, 0) is 25.7 Å². The van der Waals surface area contributed by atoms with Crippen LogP contribution < -0.4 is 10.5 Å². The van der Waals surface area contributed by atoms with Gasteiger partial charge in [0.05, 0.1) is 5.75 Å². The van der Waals surface area contributed by atoms with E-state index in [1.807, 2.05) is 12.2 Å². The first-order chi connectivity index (χ1) is 7.44. The molecule has 0 bridgehead atoms. The predicted molar refractivity (Wildman–Crippen MR) is 59.9 cm³/mol. The van der Waals surface area contributed by atoms with Crippen LogP contribution in [0, 0.1) is 5.92 Å². The lowest BCUT2D eigenvalue weighted by atomic mass is 10.1. The van der Waals surface area contributed by atoms with Crippen molar-refractivity contribution < 1.29 is 13.2 Å². The summed E-state index contributed by atoms with van der Waals surface area (Å²) in [5.41, 5.74) is 4.82. The molecule has 0 radical (unpaired) electrons. The third kappa shape index (κ3) is 2.27. The van der Waals surface area contributed by atoms with E-state index in [2.05, 4.69) is 4.72 Å². The molecule has 0 spiro atoms. The van der Waals surface area contributed by atoms with E-state index < -0.39 is 21.5 Å². The van der Waals surface area contributed by atoms with Crippen molar-refractivity contribution in [2.75, 3.05) is 5.75 Å². The number of rotatable bonds is 0. The molecule has 2 atom stereocenters. The number of nitrogens with one attached hydrogen (secondary N) is 1. The summed E-state index contributed by atoms with van der Waals surface area (Å²) >= 11 is 0. The van der Waals surface area contributed by atoms with E-state index in [1.54, 1.807) is 0 Å².